The van der Waals surface area contributed by atoms with Gasteiger partial charge < -0.3 is 19.9 Å². The zero-order chi connectivity index (χ0) is 27.7. The van der Waals surface area contributed by atoms with Gasteiger partial charge in [-0.2, -0.15) is 0 Å². The quantitative estimate of drug-likeness (QED) is 0.366. The molecule has 1 atom stereocenters. The number of halogens is 1. The second-order valence-corrected chi connectivity index (χ2v) is 10.1. The summed E-state index contributed by atoms with van der Waals surface area (Å²) >= 11 is 7.36. The van der Waals surface area contributed by atoms with Crippen LogP contribution in [-0.4, -0.2) is 29.8 Å². The number of hydrogen-bond acceptors (Lipinski definition) is 7. The molecule has 0 saturated carbocycles. The van der Waals surface area contributed by atoms with E-state index in [9.17, 15) is 14.7 Å². The van der Waals surface area contributed by atoms with Gasteiger partial charge in [-0.3, -0.25) is 14.2 Å². The minimum absolute atomic E-state index is 0.0957. The Balaban J connectivity index is 1.69. The molecule has 2 heterocycles. The summed E-state index contributed by atoms with van der Waals surface area (Å²) < 4.78 is 12.5. The van der Waals surface area contributed by atoms with Crippen LogP contribution in [0.1, 0.15) is 24.1 Å². The number of allylic oxidation sites excluding steroid dienone is 1. The highest BCUT2D eigenvalue weighted by atomic mass is 35.5. The Kier molecular flexibility index (Phi) is 7.28. The number of amides is 1. The molecular weight excluding hydrogens is 538 g/mol. The van der Waals surface area contributed by atoms with E-state index in [1.165, 1.54) is 23.0 Å². The summed E-state index contributed by atoms with van der Waals surface area (Å²) in [7, 11) is 2.98. The molecule has 2 N–H and O–H groups in total. The summed E-state index contributed by atoms with van der Waals surface area (Å²) in [5.41, 5.74) is 2.41. The Morgan fingerprint density at radius 3 is 2.59 bits per heavy atom. The number of nitrogens with one attached hydrogen (secondary N) is 1. The maximum Gasteiger partial charge on any atom is 0.271 e. The van der Waals surface area contributed by atoms with Crippen LogP contribution in [0, 0.1) is 0 Å². The second-order valence-electron chi connectivity index (χ2n) is 8.73. The molecule has 8 nitrogen and oxygen atoms in total. The van der Waals surface area contributed by atoms with Gasteiger partial charge in [-0.1, -0.05) is 53.3 Å². The van der Waals surface area contributed by atoms with E-state index in [1.54, 1.807) is 56.5 Å². The molecule has 4 aromatic rings. The van der Waals surface area contributed by atoms with Crippen molar-refractivity contribution in [3.8, 4) is 17.2 Å². The van der Waals surface area contributed by atoms with Crippen molar-refractivity contribution in [1.82, 2.24) is 4.57 Å². The summed E-state index contributed by atoms with van der Waals surface area (Å²) in [6.45, 7) is 1.76. The molecule has 3 aromatic carbocycles. The zero-order valence-corrected chi connectivity index (χ0v) is 22.8. The number of methoxy groups -OCH3 is 2. The van der Waals surface area contributed by atoms with Gasteiger partial charge in [0.1, 0.15) is 5.75 Å². The number of carbonyl (C=O) groups is 1. The highest BCUT2D eigenvalue weighted by Gasteiger charge is 2.32. The monoisotopic (exact) mass is 561 g/mol. The number of hydrogen-bond donors (Lipinski definition) is 2. The predicted molar refractivity (Wildman–Crippen MR) is 152 cm³/mol. The minimum atomic E-state index is -0.750. The molecule has 0 radical (unpaired) electrons. The number of phenols is 1. The molecule has 198 valence electrons. The molecule has 1 aromatic heterocycles. The molecule has 5 rings (SSSR count). The largest absolute Gasteiger partial charge is 0.503 e. The van der Waals surface area contributed by atoms with Gasteiger partial charge >= 0.3 is 0 Å². The Hall–Kier alpha value is -4.34. The van der Waals surface area contributed by atoms with Crippen LogP contribution in [0.5, 0.6) is 17.2 Å². The second kappa shape index (κ2) is 10.8. The average Bonchev–Trinajstić information content (AvgIpc) is 3.24. The van der Waals surface area contributed by atoms with Crippen LogP contribution in [0.15, 0.2) is 87.8 Å². The van der Waals surface area contributed by atoms with Crippen LogP contribution >= 0.6 is 22.9 Å². The Bertz CT molecular complexity index is 1790. The van der Waals surface area contributed by atoms with E-state index in [2.05, 4.69) is 10.3 Å². The van der Waals surface area contributed by atoms with Crippen molar-refractivity contribution < 1.29 is 19.4 Å². The molecule has 1 aliphatic heterocycles. The normalized spacial score (nSPS) is 15.0. The molecule has 0 aliphatic carbocycles. The fourth-order valence-electron chi connectivity index (χ4n) is 4.44. The van der Waals surface area contributed by atoms with E-state index < -0.39 is 6.04 Å². The summed E-state index contributed by atoms with van der Waals surface area (Å²) in [6, 6.07) is 18.8. The topological polar surface area (TPSA) is 102 Å². The molecule has 1 amide bonds. The van der Waals surface area contributed by atoms with Gasteiger partial charge in [-0.25, -0.2) is 4.99 Å². The summed E-state index contributed by atoms with van der Waals surface area (Å²) in [6.07, 6.45) is 1.66. The number of carbonyl (C=O) groups excluding carboxylic acids is 1. The summed E-state index contributed by atoms with van der Waals surface area (Å²) in [4.78, 5) is 32.6. The van der Waals surface area contributed by atoms with Crippen LogP contribution in [0.3, 0.4) is 0 Å². The van der Waals surface area contributed by atoms with Crippen molar-refractivity contribution in [1.29, 1.82) is 0 Å². The smallest absolute Gasteiger partial charge is 0.271 e. The van der Waals surface area contributed by atoms with E-state index in [-0.39, 0.29) is 28.0 Å². The highest BCUT2D eigenvalue weighted by Crippen LogP contribution is 2.35. The number of benzene rings is 3. The molecule has 0 spiro atoms. The SMILES string of the molecule is COc1cccc([C@@H]2C(C(=O)Nc3ccccc3)=C(C)N=c3sc(=Cc4cc(Cl)c(O)c(OC)c4)c(=O)n32)c1. The average molecular weight is 562 g/mol. The first kappa shape index (κ1) is 26.3. The van der Waals surface area contributed by atoms with Crippen LogP contribution in [0.25, 0.3) is 6.08 Å². The molecular formula is C29H24ClN3O5S. The van der Waals surface area contributed by atoms with Gasteiger partial charge in [0.2, 0.25) is 0 Å². The van der Waals surface area contributed by atoms with Crippen LogP contribution < -0.4 is 29.7 Å². The molecule has 1 aliphatic rings. The third-order valence-electron chi connectivity index (χ3n) is 6.28. The van der Waals surface area contributed by atoms with E-state index in [0.717, 1.165) is 0 Å². The van der Waals surface area contributed by atoms with Gasteiger partial charge in [0.05, 0.1) is 41.1 Å². The molecule has 0 unspecified atom stereocenters. The standard InChI is InChI=1S/C29H24ClN3O5S/c1-16-24(27(35)32-19-9-5-4-6-10-19)25(18-8-7-11-20(15-18)37-2)33-28(36)23(39-29(33)31-16)14-17-12-21(30)26(34)22(13-17)38-3/h4-15,25,34H,1-3H3,(H,32,35)/t25-/m1/s1. The van der Waals surface area contributed by atoms with Gasteiger partial charge in [0.25, 0.3) is 11.5 Å². The van der Waals surface area contributed by atoms with Crippen LogP contribution in [0.2, 0.25) is 5.02 Å². The number of aromatic hydroxyl groups is 1. The number of phenolic OH excluding ortho intramolecular Hbond substituents is 1. The van der Waals surface area contributed by atoms with Gasteiger partial charge in [-0.05, 0) is 60.5 Å². The number of fused-ring (bicyclic) bond motifs is 1. The van der Waals surface area contributed by atoms with Crippen LogP contribution in [0.4, 0.5) is 5.69 Å². The first-order chi connectivity index (χ1) is 18.8. The third-order valence-corrected chi connectivity index (χ3v) is 7.55. The number of para-hydroxylation sites is 1. The van der Waals surface area contributed by atoms with E-state index in [0.29, 0.717) is 43.2 Å². The number of thiazole rings is 1. The first-order valence-electron chi connectivity index (χ1n) is 11.9. The number of anilines is 1. The van der Waals surface area contributed by atoms with E-state index in [1.807, 2.05) is 30.3 Å². The molecule has 10 heteroatoms. The summed E-state index contributed by atoms with van der Waals surface area (Å²) in [5.74, 6) is 0.240. The molecule has 39 heavy (non-hydrogen) atoms. The van der Waals surface area contributed by atoms with Crippen molar-refractivity contribution in [2.45, 2.75) is 13.0 Å². The van der Waals surface area contributed by atoms with Gasteiger partial charge in [0, 0.05) is 5.69 Å². The lowest BCUT2D eigenvalue weighted by atomic mass is 9.95. The van der Waals surface area contributed by atoms with Crippen molar-refractivity contribution in [3.05, 3.63) is 114 Å². The van der Waals surface area contributed by atoms with E-state index in [4.69, 9.17) is 21.1 Å². The molecule has 0 saturated heterocycles. The predicted octanol–water partition coefficient (Wildman–Crippen LogP) is 4.25. The van der Waals surface area contributed by atoms with Gasteiger partial charge in [-0.15, -0.1) is 0 Å². The van der Waals surface area contributed by atoms with Crippen molar-refractivity contribution >= 4 is 40.6 Å². The van der Waals surface area contributed by atoms with Crippen molar-refractivity contribution in [3.63, 3.8) is 0 Å². The maximum absolute atomic E-state index is 13.9. The summed E-state index contributed by atoms with van der Waals surface area (Å²) in [5, 5.41) is 13.1. The lowest BCUT2D eigenvalue weighted by molar-refractivity contribution is -0.113. The number of rotatable bonds is 6. The third kappa shape index (κ3) is 5.06. The number of ether oxygens (including phenoxy) is 2. The first-order valence-corrected chi connectivity index (χ1v) is 13.1. The Morgan fingerprint density at radius 1 is 1.10 bits per heavy atom. The van der Waals surface area contributed by atoms with E-state index >= 15 is 0 Å². The van der Waals surface area contributed by atoms with Crippen molar-refractivity contribution in [2.75, 3.05) is 19.5 Å². The highest BCUT2D eigenvalue weighted by molar-refractivity contribution is 7.07. The lowest BCUT2D eigenvalue weighted by Gasteiger charge is -2.25. The number of aromatic nitrogens is 1. The van der Waals surface area contributed by atoms with Crippen LogP contribution in [-0.2, 0) is 4.79 Å². The lowest BCUT2D eigenvalue weighted by Crippen LogP contribution is -2.40. The molecule has 0 bridgehead atoms. The van der Waals surface area contributed by atoms with Crippen molar-refractivity contribution in [2.24, 2.45) is 4.99 Å². The minimum Gasteiger partial charge on any atom is -0.503 e. The Labute approximate surface area is 232 Å². The fourth-order valence-corrected chi connectivity index (χ4v) is 5.71. The van der Waals surface area contributed by atoms with Gasteiger partial charge in [0.15, 0.2) is 16.3 Å². The number of nitrogens with zero attached hydrogens (tertiary/aromatic N) is 2. The Morgan fingerprint density at radius 2 is 1.87 bits per heavy atom. The zero-order valence-electron chi connectivity index (χ0n) is 21.3. The molecule has 0 fully saturated rings. The maximum atomic E-state index is 13.9. The fraction of sp³-hybridized carbons (Fsp3) is 0.138.